The fourth-order valence-electron chi connectivity index (χ4n) is 3.09. The fourth-order valence-corrected chi connectivity index (χ4v) is 3.25. The number of amides is 3. The van der Waals surface area contributed by atoms with Crippen LogP contribution in [0.4, 0.5) is 10.5 Å². The second kappa shape index (κ2) is 9.51. The summed E-state index contributed by atoms with van der Waals surface area (Å²) in [6, 6.07) is 5.18. The third kappa shape index (κ3) is 5.81. The van der Waals surface area contributed by atoms with Gasteiger partial charge in [0.1, 0.15) is 5.75 Å². The quantitative estimate of drug-likeness (QED) is 0.810. The average Bonchev–Trinajstić information content (AvgIpc) is 2.59. The van der Waals surface area contributed by atoms with Crippen molar-refractivity contribution >= 4 is 29.2 Å². The number of carbonyl (C=O) groups excluding carboxylic acids is 2. The molecule has 0 bridgehead atoms. The van der Waals surface area contributed by atoms with Crippen molar-refractivity contribution in [3.63, 3.8) is 0 Å². The molecule has 1 fully saturated rings. The molecule has 0 heterocycles. The first-order valence-corrected chi connectivity index (χ1v) is 9.05. The summed E-state index contributed by atoms with van der Waals surface area (Å²) in [6.45, 7) is 2.15. The van der Waals surface area contributed by atoms with Crippen molar-refractivity contribution in [2.45, 2.75) is 45.1 Å². The molecule has 1 aromatic carbocycles. The lowest BCUT2D eigenvalue weighted by Crippen LogP contribution is -2.45. The lowest BCUT2D eigenvalue weighted by Gasteiger charge is -2.25. The first-order chi connectivity index (χ1) is 12.0. The molecule has 7 heteroatoms. The maximum atomic E-state index is 12.0. The molecule has 0 atom stereocenters. The summed E-state index contributed by atoms with van der Waals surface area (Å²) >= 11 is 6.04. The van der Waals surface area contributed by atoms with Crippen molar-refractivity contribution in [3.05, 3.63) is 23.2 Å². The molecule has 0 aliphatic heterocycles. The number of hydrogen-bond donors (Lipinski definition) is 2. The van der Waals surface area contributed by atoms with E-state index in [9.17, 15) is 9.59 Å². The van der Waals surface area contributed by atoms with E-state index in [2.05, 4.69) is 10.6 Å². The van der Waals surface area contributed by atoms with Crippen LogP contribution >= 0.6 is 11.6 Å². The molecule has 3 amide bonds. The number of anilines is 1. The Bertz CT molecular complexity index is 603. The monoisotopic (exact) mass is 367 g/mol. The molecule has 138 valence electrons. The van der Waals surface area contributed by atoms with Crippen LogP contribution in [0.3, 0.4) is 0 Å². The van der Waals surface area contributed by atoms with Gasteiger partial charge in [0, 0.05) is 31.1 Å². The molecule has 0 radical (unpaired) electrons. The number of nitrogens with one attached hydrogen (secondary N) is 2. The number of methoxy groups -OCH3 is 1. The van der Waals surface area contributed by atoms with Gasteiger partial charge in [0.2, 0.25) is 5.91 Å². The largest absolute Gasteiger partial charge is 0.495 e. The summed E-state index contributed by atoms with van der Waals surface area (Å²) in [7, 11) is 1.54. The summed E-state index contributed by atoms with van der Waals surface area (Å²) in [5.41, 5.74) is 0.594. The zero-order valence-corrected chi connectivity index (χ0v) is 15.6. The molecule has 25 heavy (non-hydrogen) atoms. The molecule has 2 N–H and O–H groups in total. The molecule has 6 nitrogen and oxygen atoms in total. The van der Waals surface area contributed by atoms with Crippen LogP contribution in [0.5, 0.6) is 5.75 Å². The van der Waals surface area contributed by atoms with Gasteiger partial charge < -0.3 is 20.3 Å². The van der Waals surface area contributed by atoms with E-state index >= 15 is 0 Å². The van der Waals surface area contributed by atoms with E-state index in [-0.39, 0.29) is 18.0 Å². The zero-order valence-electron chi connectivity index (χ0n) is 14.8. The lowest BCUT2D eigenvalue weighted by atomic mass is 9.96. The van der Waals surface area contributed by atoms with Gasteiger partial charge in [0.05, 0.1) is 12.8 Å². The van der Waals surface area contributed by atoms with Crippen LogP contribution in [0, 0.1) is 0 Å². The first-order valence-electron chi connectivity index (χ1n) is 8.67. The number of ether oxygens (including phenoxy) is 1. The number of urea groups is 1. The predicted molar refractivity (Wildman–Crippen MR) is 99.4 cm³/mol. The number of rotatable bonds is 6. The lowest BCUT2D eigenvalue weighted by molar-refractivity contribution is -0.116. The fraction of sp³-hybridized carbons (Fsp3) is 0.556. The van der Waals surface area contributed by atoms with Crippen molar-refractivity contribution in [2.24, 2.45) is 0 Å². The highest BCUT2D eigenvalue weighted by Crippen LogP contribution is 2.31. The molecule has 1 aromatic rings. The van der Waals surface area contributed by atoms with Gasteiger partial charge >= 0.3 is 6.03 Å². The highest BCUT2D eigenvalue weighted by atomic mass is 35.5. The average molecular weight is 368 g/mol. The Balaban J connectivity index is 1.90. The minimum absolute atomic E-state index is 0.143. The number of hydrogen-bond acceptors (Lipinski definition) is 3. The van der Waals surface area contributed by atoms with Gasteiger partial charge in [-0.1, -0.05) is 30.9 Å². The summed E-state index contributed by atoms with van der Waals surface area (Å²) < 4.78 is 5.31. The highest BCUT2D eigenvalue weighted by Gasteiger charge is 2.18. The topological polar surface area (TPSA) is 70.7 Å². The second-order valence-electron chi connectivity index (χ2n) is 6.22. The molecule has 1 aliphatic rings. The number of nitrogens with zero attached hydrogens (tertiary/aromatic N) is 1. The molecular weight excluding hydrogens is 342 g/mol. The summed E-state index contributed by atoms with van der Waals surface area (Å²) in [5, 5.41) is 6.33. The summed E-state index contributed by atoms with van der Waals surface area (Å²) in [5.74, 6) is 0.418. The van der Waals surface area contributed by atoms with Gasteiger partial charge in [-0.2, -0.15) is 0 Å². The Morgan fingerprint density at radius 1 is 1.28 bits per heavy atom. The summed E-state index contributed by atoms with van der Waals surface area (Å²) in [4.78, 5) is 25.6. The Kier molecular flexibility index (Phi) is 7.37. The Morgan fingerprint density at radius 3 is 2.64 bits per heavy atom. The van der Waals surface area contributed by atoms with Gasteiger partial charge in [-0.05, 0) is 31.0 Å². The van der Waals surface area contributed by atoms with Crippen molar-refractivity contribution < 1.29 is 14.3 Å². The normalized spacial score (nSPS) is 14.7. The van der Waals surface area contributed by atoms with Gasteiger partial charge in [-0.25, -0.2) is 4.79 Å². The Morgan fingerprint density at radius 2 is 2.00 bits per heavy atom. The second-order valence-corrected chi connectivity index (χ2v) is 6.66. The molecular formula is C18H26ClN3O3. The van der Waals surface area contributed by atoms with Crippen LogP contribution in [0.15, 0.2) is 18.2 Å². The maximum Gasteiger partial charge on any atom is 0.315 e. The molecule has 1 saturated carbocycles. The van der Waals surface area contributed by atoms with Crippen LogP contribution in [0.25, 0.3) is 0 Å². The highest BCUT2D eigenvalue weighted by molar-refractivity contribution is 6.31. The number of halogens is 1. The number of carbonyl (C=O) groups is 2. The third-order valence-corrected chi connectivity index (χ3v) is 4.61. The Hall–Kier alpha value is -1.95. The van der Waals surface area contributed by atoms with Gasteiger partial charge in [-0.15, -0.1) is 0 Å². The molecule has 2 rings (SSSR count). The van der Waals surface area contributed by atoms with Crippen molar-refractivity contribution in [1.82, 2.24) is 10.6 Å². The van der Waals surface area contributed by atoms with E-state index in [0.29, 0.717) is 29.5 Å². The van der Waals surface area contributed by atoms with Crippen LogP contribution in [0.2, 0.25) is 5.02 Å². The molecule has 1 aliphatic carbocycles. The van der Waals surface area contributed by atoms with Gasteiger partial charge in [-0.3, -0.25) is 4.79 Å². The maximum absolute atomic E-state index is 12.0. The van der Waals surface area contributed by atoms with E-state index in [1.807, 2.05) is 0 Å². The van der Waals surface area contributed by atoms with E-state index in [1.54, 1.807) is 30.2 Å². The van der Waals surface area contributed by atoms with E-state index in [1.165, 1.54) is 13.3 Å². The van der Waals surface area contributed by atoms with E-state index < -0.39 is 0 Å². The third-order valence-electron chi connectivity index (χ3n) is 4.37. The smallest absolute Gasteiger partial charge is 0.315 e. The minimum Gasteiger partial charge on any atom is -0.495 e. The van der Waals surface area contributed by atoms with Gasteiger partial charge in [0.25, 0.3) is 0 Å². The molecule has 0 aromatic heterocycles. The number of benzene rings is 1. The first kappa shape index (κ1) is 19.4. The van der Waals surface area contributed by atoms with Gasteiger partial charge in [0.15, 0.2) is 0 Å². The Labute approximate surface area is 153 Å². The standard InChI is InChI=1S/C18H26ClN3O3/c1-13(23)22(16-12-14(19)8-9-17(16)25-2)11-10-20-18(24)21-15-6-4-3-5-7-15/h8-9,12,15H,3-7,10-11H2,1-2H3,(H2,20,21,24). The summed E-state index contributed by atoms with van der Waals surface area (Å²) in [6.07, 6.45) is 5.64. The zero-order chi connectivity index (χ0) is 18.2. The van der Waals surface area contributed by atoms with Crippen molar-refractivity contribution in [3.8, 4) is 5.75 Å². The molecule has 0 spiro atoms. The van der Waals surface area contributed by atoms with Crippen LogP contribution < -0.4 is 20.3 Å². The minimum atomic E-state index is -0.187. The predicted octanol–water partition coefficient (Wildman–Crippen LogP) is 3.33. The SMILES string of the molecule is COc1ccc(Cl)cc1N(CCNC(=O)NC1CCCCC1)C(C)=O. The van der Waals surface area contributed by atoms with Crippen LogP contribution in [-0.4, -0.2) is 38.2 Å². The van der Waals surface area contributed by atoms with Crippen LogP contribution in [-0.2, 0) is 4.79 Å². The van der Waals surface area contributed by atoms with Crippen LogP contribution in [0.1, 0.15) is 39.0 Å². The molecule has 0 unspecified atom stereocenters. The van der Waals surface area contributed by atoms with Crippen molar-refractivity contribution in [1.29, 1.82) is 0 Å². The molecule has 0 saturated heterocycles. The van der Waals surface area contributed by atoms with E-state index in [4.69, 9.17) is 16.3 Å². The van der Waals surface area contributed by atoms with Crippen molar-refractivity contribution in [2.75, 3.05) is 25.1 Å². The van der Waals surface area contributed by atoms with E-state index in [0.717, 1.165) is 25.7 Å².